The van der Waals surface area contributed by atoms with Crippen LogP contribution in [0, 0.1) is 0 Å². The van der Waals surface area contributed by atoms with Gasteiger partial charge >= 0.3 is 11.9 Å². The van der Waals surface area contributed by atoms with Crippen LogP contribution in [0.15, 0.2) is 114 Å². The van der Waals surface area contributed by atoms with Crippen LogP contribution < -0.4 is 0 Å². The van der Waals surface area contributed by atoms with Crippen LogP contribution in [0.4, 0.5) is 0 Å². The summed E-state index contributed by atoms with van der Waals surface area (Å²) in [6, 6.07) is 26.3. The second-order valence-electron chi connectivity index (χ2n) is 11.2. The van der Waals surface area contributed by atoms with Gasteiger partial charge in [-0.1, -0.05) is 104 Å². The lowest BCUT2D eigenvalue weighted by molar-refractivity contribution is -0.140. The van der Waals surface area contributed by atoms with E-state index < -0.39 is 0 Å². The number of ether oxygens (including phenoxy) is 3. The van der Waals surface area contributed by atoms with E-state index in [9.17, 15) is 9.59 Å². The monoisotopic (exact) mass is 635 g/mol. The van der Waals surface area contributed by atoms with Crippen LogP contribution >= 0.6 is 0 Å². The Hall–Kier alpha value is -4.68. The van der Waals surface area contributed by atoms with Crippen LogP contribution in [0.2, 0.25) is 0 Å². The Labute approximate surface area is 281 Å². The molecular weight excluding hydrogens is 586 g/mol. The van der Waals surface area contributed by atoms with Gasteiger partial charge in [0.15, 0.2) is 0 Å². The number of allylic oxidation sites excluding steroid dienone is 4. The quantitative estimate of drug-likeness (QED) is 0.0430. The summed E-state index contributed by atoms with van der Waals surface area (Å²) in [5, 5.41) is 0. The van der Waals surface area contributed by atoms with Gasteiger partial charge in [-0.05, 0) is 85.2 Å². The second kappa shape index (κ2) is 21.2. The van der Waals surface area contributed by atoms with Crippen LogP contribution in [0.3, 0.4) is 0 Å². The summed E-state index contributed by atoms with van der Waals surface area (Å²) in [4.78, 5) is 26.0. The van der Waals surface area contributed by atoms with Gasteiger partial charge in [0.2, 0.25) is 0 Å². The molecule has 0 fully saturated rings. The molecule has 47 heavy (non-hydrogen) atoms. The Balaban J connectivity index is 1.72. The third kappa shape index (κ3) is 13.7. The SMILES string of the molecule is C\C=C/C(CCN(CCCCC(=O)OC)Cc1ccc(C(=O)OC)cc1)=C(\C=C/CC)OCc1ccc(/C=C/c2ccccc2)cc1. The van der Waals surface area contributed by atoms with Crippen LogP contribution in [0.1, 0.15) is 78.6 Å². The minimum atomic E-state index is -0.346. The highest BCUT2D eigenvalue weighted by atomic mass is 16.5. The van der Waals surface area contributed by atoms with Crippen molar-refractivity contribution >= 4 is 24.1 Å². The number of benzene rings is 3. The molecule has 0 heterocycles. The fourth-order valence-electron chi connectivity index (χ4n) is 4.98. The fourth-order valence-corrected chi connectivity index (χ4v) is 4.98. The van der Waals surface area contributed by atoms with Gasteiger partial charge in [-0.15, -0.1) is 0 Å². The van der Waals surface area contributed by atoms with E-state index in [1.54, 1.807) is 12.1 Å². The summed E-state index contributed by atoms with van der Waals surface area (Å²) in [7, 11) is 2.81. The maximum Gasteiger partial charge on any atom is 0.337 e. The highest BCUT2D eigenvalue weighted by molar-refractivity contribution is 5.89. The Morgan fingerprint density at radius 3 is 2.06 bits per heavy atom. The van der Waals surface area contributed by atoms with E-state index in [4.69, 9.17) is 14.2 Å². The van der Waals surface area contributed by atoms with Crippen LogP contribution in [0.25, 0.3) is 12.2 Å². The predicted octanol–water partition coefficient (Wildman–Crippen LogP) is 9.19. The predicted molar refractivity (Wildman–Crippen MR) is 191 cm³/mol. The molecule has 0 saturated carbocycles. The molecule has 248 valence electrons. The lowest BCUT2D eigenvalue weighted by atomic mass is 10.1. The molecule has 0 unspecified atom stereocenters. The lowest BCUT2D eigenvalue weighted by Gasteiger charge is -2.23. The minimum Gasteiger partial charge on any atom is -0.489 e. The Morgan fingerprint density at radius 1 is 0.745 bits per heavy atom. The Kier molecular flexibility index (Phi) is 16.6. The maximum atomic E-state index is 11.9. The first-order chi connectivity index (χ1) is 22.9. The fraction of sp³-hybridized carbons (Fsp3) is 0.317. The van der Waals surface area contributed by atoms with Gasteiger partial charge in [0.1, 0.15) is 12.4 Å². The van der Waals surface area contributed by atoms with Crippen molar-refractivity contribution in [3.05, 3.63) is 142 Å². The van der Waals surface area contributed by atoms with E-state index in [2.05, 4.69) is 84.7 Å². The van der Waals surface area contributed by atoms with Crippen molar-refractivity contribution in [2.75, 3.05) is 27.3 Å². The molecule has 3 aromatic rings. The largest absolute Gasteiger partial charge is 0.489 e. The maximum absolute atomic E-state index is 11.9. The van der Waals surface area contributed by atoms with Gasteiger partial charge < -0.3 is 14.2 Å². The van der Waals surface area contributed by atoms with Crippen molar-refractivity contribution in [3.8, 4) is 0 Å². The number of unbranched alkanes of at least 4 members (excludes halogenated alkanes) is 1. The average Bonchev–Trinajstić information content (AvgIpc) is 3.11. The minimum absolute atomic E-state index is 0.184. The molecule has 0 aromatic heterocycles. The third-order valence-corrected chi connectivity index (χ3v) is 7.64. The molecule has 0 atom stereocenters. The van der Waals surface area contributed by atoms with Crippen molar-refractivity contribution in [1.82, 2.24) is 4.90 Å². The highest BCUT2D eigenvalue weighted by Crippen LogP contribution is 2.20. The lowest BCUT2D eigenvalue weighted by Crippen LogP contribution is -2.26. The number of rotatable bonds is 19. The summed E-state index contributed by atoms with van der Waals surface area (Å²) in [5.74, 6) is 0.336. The van der Waals surface area contributed by atoms with E-state index in [1.165, 1.54) is 19.8 Å². The third-order valence-electron chi connectivity index (χ3n) is 7.64. The standard InChI is InChI=1S/C41H49NO5/c1-5-7-16-39(47-32-36-22-20-34(21-23-36)19-18-33-14-9-8-10-15-33)37(13-6-2)28-30-42(29-12-11-17-40(43)45-3)31-35-24-26-38(27-25-35)41(44)46-4/h6-10,13-16,18-27H,5,11-12,17,28-32H2,1-4H3/b13-6-,16-7-,19-18+,39-37-. The zero-order valence-corrected chi connectivity index (χ0v) is 28.3. The van der Waals surface area contributed by atoms with Crippen molar-refractivity contribution in [2.24, 2.45) is 0 Å². The van der Waals surface area contributed by atoms with Crippen LogP contribution in [-0.4, -0.2) is 44.1 Å². The Morgan fingerprint density at radius 2 is 1.43 bits per heavy atom. The first kappa shape index (κ1) is 36.8. The zero-order chi connectivity index (χ0) is 33.7. The van der Waals surface area contributed by atoms with E-state index in [0.29, 0.717) is 18.6 Å². The van der Waals surface area contributed by atoms with Gasteiger partial charge in [-0.3, -0.25) is 9.69 Å². The van der Waals surface area contributed by atoms with Crippen molar-refractivity contribution in [1.29, 1.82) is 0 Å². The van der Waals surface area contributed by atoms with Crippen LogP contribution in [-0.2, 0) is 32.2 Å². The molecule has 3 aromatic carbocycles. The average molecular weight is 636 g/mol. The van der Waals surface area contributed by atoms with Gasteiger partial charge in [0, 0.05) is 19.5 Å². The molecule has 0 N–H and O–H groups in total. The molecular formula is C41H49NO5. The number of carbonyl (C=O) groups is 2. The van der Waals surface area contributed by atoms with Crippen LogP contribution in [0.5, 0.6) is 0 Å². The van der Waals surface area contributed by atoms with Gasteiger partial charge in [-0.25, -0.2) is 4.79 Å². The summed E-state index contributed by atoms with van der Waals surface area (Å²) in [5.41, 5.74) is 6.17. The molecule has 3 rings (SSSR count). The molecule has 0 saturated heterocycles. The summed E-state index contributed by atoms with van der Waals surface area (Å²) in [6.45, 7) is 6.95. The number of hydrogen-bond donors (Lipinski definition) is 0. The Bertz CT molecular complexity index is 1490. The second-order valence-corrected chi connectivity index (χ2v) is 11.2. The molecule has 0 spiro atoms. The first-order valence-corrected chi connectivity index (χ1v) is 16.4. The van der Waals surface area contributed by atoms with Gasteiger partial charge in [-0.2, -0.15) is 0 Å². The molecule has 0 amide bonds. The number of hydrogen-bond acceptors (Lipinski definition) is 6. The molecule has 0 bridgehead atoms. The topological polar surface area (TPSA) is 65.1 Å². The molecule has 0 aliphatic rings. The van der Waals surface area contributed by atoms with E-state index in [-0.39, 0.29) is 11.9 Å². The van der Waals surface area contributed by atoms with Gasteiger partial charge in [0.25, 0.3) is 0 Å². The number of esters is 2. The smallest absolute Gasteiger partial charge is 0.337 e. The molecule has 0 radical (unpaired) electrons. The van der Waals surface area contributed by atoms with Gasteiger partial charge in [0.05, 0.1) is 19.8 Å². The molecule has 6 nitrogen and oxygen atoms in total. The summed E-state index contributed by atoms with van der Waals surface area (Å²) in [6.07, 6.45) is 16.4. The van der Waals surface area contributed by atoms with Crippen molar-refractivity contribution in [3.63, 3.8) is 0 Å². The number of nitrogens with zero attached hydrogens (tertiary/aromatic N) is 1. The van der Waals surface area contributed by atoms with E-state index in [0.717, 1.165) is 73.3 Å². The molecule has 6 heteroatoms. The summed E-state index contributed by atoms with van der Waals surface area (Å²) >= 11 is 0. The first-order valence-electron chi connectivity index (χ1n) is 16.4. The van der Waals surface area contributed by atoms with E-state index in [1.807, 2.05) is 37.3 Å². The van der Waals surface area contributed by atoms with Crippen molar-refractivity contribution in [2.45, 2.75) is 59.1 Å². The number of methoxy groups -OCH3 is 2. The van der Waals surface area contributed by atoms with Crippen molar-refractivity contribution < 1.29 is 23.8 Å². The summed E-state index contributed by atoms with van der Waals surface area (Å²) < 4.78 is 16.1. The van der Waals surface area contributed by atoms with E-state index >= 15 is 0 Å². The number of carbonyl (C=O) groups excluding carboxylic acids is 2. The highest BCUT2D eigenvalue weighted by Gasteiger charge is 2.12. The zero-order valence-electron chi connectivity index (χ0n) is 28.3. The molecule has 0 aliphatic heterocycles. The molecule has 0 aliphatic carbocycles. The normalized spacial score (nSPS) is 12.2.